The Hall–Kier alpha value is -1.25. The molecule has 3 heteroatoms. The average Bonchev–Trinajstić information content (AvgIpc) is 2.73. The quantitative estimate of drug-likeness (QED) is 0.786. The van der Waals surface area contributed by atoms with E-state index in [0.717, 1.165) is 43.9 Å². The molecule has 2 heterocycles. The van der Waals surface area contributed by atoms with E-state index in [1.807, 2.05) is 24.0 Å². The number of hydrogen-bond donors (Lipinski definition) is 0. The van der Waals surface area contributed by atoms with Crippen LogP contribution in [0.1, 0.15) is 37.2 Å². The molecule has 0 spiro atoms. The maximum atomic E-state index is 11.9. The number of carbonyl (C=O) groups excluding carboxylic acids is 1. The molecule has 1 aliphatic rings. The number of rotatable bonds is 3. The second-order valence-corrected chi connectivity index (χ2v) is 4.45. The lowest BCUT2D eigenvalue weighted by Crippen LogP contribution is -2.35. The lowest BCUT2D eigenvalue weighted by Gasteiger charge is -2.26. The first-order valence-electron chi connectivity index (χ1n) is 6.09. The molecule has 1 aromatic heterocycles. The first-order valence-corrected chi connectivity index (χ1v) is 6.09. The third-order valence-corrected chi connectivity index (χ3v) is 3.09. The van der Waals surface area contributed by atoms with Crippen molar-refractivity contribution in [2.24, 2.45) is 0 Å². The van der Waals surface area contributed by atoms with Gasteiger partial charge in [0.05, 0.1) is 0 Å². The van der Waals surface area contributed by atoms with Crippen molar-refractivity contribution in [3.63, 3.8) is 0 Å². The molecule has 1 saturated heterocycles. The Balaban J connectivity index is 1.78. The summed E-state index contributed by atoms with van der Waals surface area (Å²) >= 11 is 0. The molecule has 0 N–H and O–H groups in total. The van der Waals surface area contributed by atoms with Gasteiger partial charge in [0.15, 0.2) is 0 Å². The van der Waals surface area contributed by atoms with Gasteiger partial charge in [-0.15, -0.1) is 0 Å². The number of amides is 1. The van der Waals surface area contributed by atoms with E-state index in [0.29, 0.717) is 6.42 Å². The van der Waals surface area contributed by atoms with Gasteiger partial charge in [-0.3, -0.25) is 4.79 Å². The van der Waals surface area contributed by atoms with Crippen LogP contribution in [0.25, 0.3) is 0 Å². The number of aryl methyl sites for hydroxylation is 2. The summed E-state index contributed by atoms with van der Waals surface area (Å²) < 4.78 is 5.45. The van der Waals surface area contributed by atoms with Gasteiger partial charge in [0, 0.05) is 25.9 Å². The molecule has 2 rings (SSSR count). The number of piperidine rings is 1. The van der Waals surface area contributed by atoms with Crippen LogP contribution in [-0.2, 0) is 11.2 Å². The molecular weight excluding hydrogens is 202 g/mol. The molecule has 0 saturated carbocycles. The monoisotopic (exact) mass is 221 g/mol. The Morgan fingerprint density at radius 1 is 1.31 bits per heavy atom. The summed E-state index contributed by atoms with van der Waals surface area (Å²) in [4.78, 5) is 13.8. The first-order chi connectivity index (χ1) is 7.75. The number of furan rings is 1. The summed E-state index contributed by atoms with van der Waals surface area (Å²) in [5.41, 5.74) is 0. The predicted molar refractivity (Wildman–Crippen MR) is 62.2 cm³/mol. The third-order valence-electron chi connectivity index (χ3n) is 3.09. The highest BCUT2D eigenvalue weighted by Gasteiger charge is 2.16. The summed E-state index contributed by atoms with van der Waals surface area (Å²) in [6, 6.07) is 3.90. The number of nitrogens with zero attached hydrogens (tertiary/aromatic N) is 1. The highest BCUT2D eigenvalue weighted by Crippen LogP contribution is 2.13. The summed E-state index contributed by atoms with van der Waals surface area (Å²) in [7, 11) is 0. The van der Waals surface area contributed by atoms with Crippen molar-refractivity contribution >= 4 is 5.91 Å². The topological polar surface area (TPSA) is 33.5 Å². The summed E-state index contributed by atoms with van der Waals surface area (Å²) in [6.45, 7) is 3.81. The normalized spacial score (nSPS) is 16.4. The first kappa shape index (κ1) is 11.2. The van der Waals surface area contributed by atoms with Gasteiger partial charge in [-0.2, -0.15) is 0 Å². The van der Waals surface area contributed by atoms with Crippen LogP contribution in [0.4, 0.5) is 0 Å². The van der Waals surface area contributed by atoms with Gasteiger partial charge in [0.25, 0.3) is 0 Å². The Labute approximate surface area is 96.4 Å². The smallest absolute Gasteiger partial charge is 0.223 e. The van der Waals surface area contributed by atoms with Crippen molar-refractivity contribution < 1.29 is 9.21 Å². The largest absolute Gasteiger partial charge is 0.466 e. The van der Waals surface area contributed by atoms with Crippen LogP contribution < -0.4 is 0 Å². The molecule has 1 amide bonds. The minimum absolute atomic E-state index is 0.272. The molecule has 0 aromatic carbocycles. The Morgan fingerprint density at radius 3 is 2.69 bits per heavy atom. The molecular formula is C13H19NO2. The SMILES string of the molecule is Cc1ccc(CCC(=O)N2CCCCC2)o1. The standard InChI is InChI=1S/C13H19NO2/c1-11-5-6-12(16-11)7-8-13(15)14-9-3-2-4-10-14/h5-6H,2-4,7-10H2,1H3. The third kappa shape index (κ3) is 2.87. The molecule has 0 atom stereocenters. The highest BCUT2D eigenvalue weighted by atomic mass is 16.3. The summed E-state index contributed by atoms with van der Waals surface area (Å²) in [6.07, 6.45) is 4.88. The zero-order valence-electron chi connectivity index (χ0n) is 9.87. The van der Waals surface area contributed by atoms with Crippen LogP contribution in [0.15, 0.2) is 16.5 Å². The maximum absolute atomic E-state index is 11.9. The molecule has 88 valence electrons. The second kappa shape index (κ2) is 5.19. The maximum Gasteiger partial charge on any atom is 0.223 e. The van der Waals surface area contributed by atoms with Crippen LogP contribution in [0.2, 0.25) is 0 Å². The van der Waals surface area contributed by atoms with Gasteiger partial charge in [0.1, 0.15) is 11.5 Å². The second-order valence-electron chi connectivity index (χ2n) is 4.45. The van der Waals surface area contributed by atoms with E-state index in [1.165, 1.54) is 6.42 Å². The predicted octanol–water partition coefficient (Wildman–Crippen LogP) is 2.53. The molecule has 3 nitrogen and oxygen atoms in total. The van der Waals surface area contributed by atoms with Crippen molar-refractivity contribution in [2.45, 2.75) is 39.0 Å². The average molecular weight is 221 g/mol. The molecule has 0 unspecified atom stereocenters. The summed E-state index contributed by atoms with van der Waals surface area (Å²) in [5, 5.41) is 0. The van der Waals surface area contributed by atoms with Crippen molar-refractivity contribution in [1.29, 1.82) is 0 Å². The van der Waals surface area contributed by atoms with Gasteiger partial charge in [-0.1, -0.05) is 0 Å². The minimum Gasteiger partial charge on any atom is -0.466 e. The van der Waals surface area contributed by atoms with Crippen LogP contribution >= 0.6 is 0 Å². The Morgan fingerprint density at radius 2 is 2.06 bits per heavy atom. The minimum atomic E-state index is 0.272. The van der Waals surface area contributed by atoms with Gasteiger partial charge < -0.3 is 9.32 Å². The molecule has 1 aromatic rings. The zero-order chi connectivity index (χ0) is 11.4. The van der Waals surface area contributed by atoms with Crippen LogP contribution in [0.5, 0.6) is 0 Å². The number of carbonyl (C=O) groups is 1. The van der Waals surface area contributed by atoms with Crippen molar-refractivity contribution in [1.82, 2.24) is 4.90 Å². The fourth-order valence-corrected chi connectivity index (χ4v) is 2.15. The Bertz CT molecular complexity index is 351. The van der Waals surface area contributed by atoms with E-state index < -0.39 is 0 Å². The van der Waals surface area contributed by atoms with E-state index in [-0.39, 0.29) is 5.91 Å². The number of likely N-dealkylation sites (tertiary alicyclic amines) is 1. The molecule has 0 radical (unpaired) electrons. The van der Waals surface area contributed by atoms with E-state index in [9.17, 15) is 4.79 Å². The van der Waals surface area contributed by atoms with Gasteiger partial charge >= 0.3 is 0 Å². The zero-order valence-corrected chi connectivity index (χ0v) is 9.87. The Kier molecular flexibility index (Phi) is 3.65. The summed E-state index contributed by atoms with van der Waals surface area (Å²) in [5.74, 6) is 2.11. The number of hydrogen-bond acceptors (Lipinski definition) is 2. The molecule has 1 aliphatic heterocycles. The lowest BCUT2D eigenvalue weighted by atomic mass is 10.1. The van der Waals surface area contributed by atoms with Crippen LogP contribution in [0, 0.1) is 6.92 Å². The highest BCUT2D eigenvalue weighted by molar-refractivity contribution is 5.76. The van der Waals surface area contributed by atoms with Crippen molar-refractivity contribution in [3.05, 3.63) is 23.7 Å². The lowest BCUT2D eigenvalue weighted by molar-refractivity contribution is -0.132. The molecule has 1 fully saturated rings. The van der Waals surface area contributed by atoms with Crippen LogP contribution in [-0.4, -0.2) is 23.9 Å². The van der Waals surface area contributed by atoms with E-state index in [2.05, 4.69) is 0 Å². The molecule has 0 aliphatic carbocycles. The fourth-order valence-electron chi connectivity index (χ4n) is 2.15. The molecule has 16 heavy (non-hydrogen) atoms. The van der Waals surface area contributed by atoms with Gasteiger partial charge in [-0.05, 0) is 38.3 Å². The van der Waals surface area contributed by atoms with E-state index in [1.54, 1.807) is 0 Å². The van der Waals surface area contributed by atoms with Crippen molar-refractivity contribution in [2.75, 3.05) is 13.1 Å². The van der Waals surface area contributed by atoms with Crippen molar-refractivity contribution in [3.8, 4) is 0 Å². The fraction of sp³-hybridized carbons (Fsp3) is 0.615. The van der Waals surface area contributed by atoms with E-state index >= 15 is 0 Å². The van der Waals surface area contributed by atoms with Gasteiger partial charge in [-0.25, -0.2) is 0 Å². The van der Waals surface area contributed by atoms with Gasteiger partial charge in [0.2, 0.25) is 5.91 Å². The van der Waals surface area contributed by atoms with Crippen LogP contribution in [0.3, 0.4) is 0 Å². The van der Waals surface area contributed by atoms with E-state index in [4.69, 9.17) is 4.42 Å². The molecule has 0 bridgehead atoms.